The zero-order valence-electron chi connectivity index (χ0n) is 8.48. The van der Waals surface area contributed by atoms with Crippen LogP contribution in [0.3, 0.4) is 0 Å². The number of fused-ring (bicyclic) bond motifs is 2. The Morgan fingerprint density at radius 2 is 2.27 bits per heavy atom. The molecule has 1 unspecified atom stereocenters. The van der Waals surface area contributed by atoms with E-state index in [2.05, 4.69) is 5.32 Å². The summed E-state index contributed by atoms with van der Waals surface area (Å²) in [6, 6.07) is 0.732. The maximum atomic E-state index is 11.2. The second-order valence-electron chi connectivity index (χ2n) is 3.26. The molecule has 0 aromatic carbocycles. The number of hydrogen-bond acceptors (Lipinski definition) is 4. The van der Waals surface area contributed by atoms with Gasteiger partial charge in [-0.1, -0.05) is 0 Å². The smallest absolute Gasteiger partial charge is 0.776 e. The van der Waals surface area contributed by atoms with Crippen LogP contribution in [0.5, 0.6) is 0 Å². The topological polar surface area (TPSA) is 75.6 Å². The molecule has 2 aliphatic rings. The van der Waals surface area contributed by atoms with Crippen LogP contribution in [0, 0.1) is 0 Å². The Kier molecular flexibility index (Phi) is 8.44. The molecule has 5 nitrogen and oxygen atoms in total. The Bertz CT molecular complexity index is 213. The minimum absolute atomic E-state index is 0. The van der Waals surface area contributed by atoms with Crippen molar-refractivity contribution in [2.75, 3.05) is 12.4 Å². The van der Waals surface area contributed by atoms with E-state index in [9.17, 15) is 4.79 Å². The Hall–Kier alpha value is 0.830. The van der Waals surface area contributed by atoms with E-state index in [0.717, 1.165) is 19.4 Å². The van der Waals surface area contributed by atoms with Crippen LogP contribution in [0.2, 0.25) is 0 Å². The van der Waals surface area contributed by atoms with Crippen LogP contribution in [0.25, 0.3) is 0 Å². The number of hydrogen-bond donors (Lipinski definition) is 2. The molecule has 2 N–H and O–H groups in total. The van der Waals surface area contributed by atoms with Crippen LogP contribution in [-0.4, -0.2) is 44.5 Å². The van der Waals surface area contributed by atoms with Crippen LogP contribution in [0.15, 0.2) is 0 Å². The summed E-state index contributed by atoms with van der Waals surface area (Å²) in [5.41, 5.74) is 0. The molecule has 0 saturated carbocycles. The third-order valence-electron chi connectivity index (χ3n) is 2.47. The molecule has 8 heteroatoms. The average molecular weight is 263 g/mol. The number of halogens is 1. The van der Waals surface area contributed by atoms with Gasteiger partial charge in [-0.05, 0) is 12.8 Å². The summed E-state index contributed by atoms with van der Waals surface area (Å²) >= 11 is 5.22. The second-order valence-corrected chi connectivity index (χ2v) is 3.72. The molecule has 2 fully saturated rings. The molecule has 0 aromatic heterocycles. The summed E-state index contributed by atoms with van der Waals surface area (Å²) in [4.78, 5) is 13.0. The molecule has 0 radical (unpaired) electrons. The quantitative estimate of drug-likeness (QED) is 0.329. The first-order chi connectivity index (χ1) is 6.72. The zero-order chi connectivity index (χ0) is 10.6. The summed E-state index contributed by atoms with van der Waals surface area (Å²) in [7, 11) is 0. The van der Waals surface area contributed by atoms with Crippen molar-refractivity contribution in [3.8, 4) is 0 Å². The first-order valence-corrected chi connectivity index (χ1v) is 5.52. The predicted octanol–water partition coefficient (Wildman–Crippen LogP) is -1.89. The number of alkyl halides is 1. The third-order valence-corrected chi connectivity index (χ3v) is 2.83. The van der Waals surface area contributed by atoms with Crippen molar-refractivity contribution in [3.05, 3.63) is 0 Å². The van der Waals surface area contributed by atoms with Gasteiger partial charge in [0.2, 0.25) is 0 Å². The third kappa shape index (κ3) is 4.30. The van der Waals surface area contributed by atoms with Gasteiger partial charge < -0.3 is 19.3 Å². The minimum atomic E-state index is -0.500. The van der Waals surface area contributed by atoms with Crippen molar-refractivity contribution in [2.24, 2.45) is 0 Å². The van der Waals surface area contributed by atoms with E-state index in [1.807, 2.05) is 4.90 Å². The zero-order valence-corrected chi connectivity index (χ0v) is 12.1. The van der Waals surface area contributed by atoms with E-state index in [0.29, 0.717) is 11.9 Å². The summed E-state index contributed by atoms with van der Waals surface area (Å²) < 4.78 is 15.3. The molecule has 2 rings (SSSR count). The fourth-order valence-corrected chi connectivity index (χ4v) is 2.13. The Morgan fingerprint density at radius 1 is 1.67 bits per heavy atom. The maximum Gasteiger partial charge on any atom is 1.00 e. The van der Waals surface area contributed by atoms with Gasteiger partial charge in [0.25, 0.3) is 0 Å². The fourth-order valence-electron chi connectivity index (χ4n) is 1.81. The first kappa shape index (κ1) is 15.8. The van der Waals surface area contributed by atoms with E-state index in [4.69, 9.17) is 20.7 Å². The molecule has 15 heavy (non-hydrogen) atoms. The second kappa shape index (κ2) is 8.00. The van der Waals surface area contributed by atoms with Gasteiger partial charge in [0, 0.05) is 24.5 Å². The number of nitrogens with zero attached hydrogens (tertiary/aromatic N) is 1. The summed E-state index contributed by atoms with van der Waals surface area (Å²) in [6.45, 7) is 0.857. The molecule has 2 amide bonds. The number of carbonyl (C=O) groups excluding carboxylic acids is 1. The fraction of sp³-hybridized carbons (Fsp3) is 0.857. The summed E-state index contributed by atoms with van der Waals surface area (Å²) in [5, 5.41) is 2.91. The molecule has 0 aliphatic carbocycles. The van der Waals surface area contributed by atoms with Crippen LogP contribution >= 0.6 is 23.9 Å². The van der Waals surface area contributed by atoms with E-state index in [-0.39, 0.29) is 41.6 Å². The van der Waals surface area contributed by atoms with Crippen molar-refractivity contribution in [2.45, 2.75) is 24.9 Å². The number of urea groups is 1. The van der Waals surface area contributed by atoms with Crippen LogP contribution < -0.4 is 34.9 Å². The molecule has 0 spiro atoms. The van der Waals surface area contributed by atoms with Gasteiger partial charge in [0.1, 0.15) is 0 Å². The van der Waals surface area contributed by atoms with Gasteiger partial charge in [-0.3, -0.25) is 0 Å². The molecule has 82 valence electrons. The average Bonchev–Trinajstić information content (AvgIpc) is 2.45. The number of nitrogens with one attached hydrogen (secondary N) is 1. The maximum absolute atomic E-state index is 11.2. The van der Waals surface area contributed by atoms with Gasteiger partial charge >= 0.3 is 35.6 Å². The molecule has 2 saturated heterocycles. The Labute approximate surface area is 120 Å². The first-order valence-electron chi connectivity index (χ1n) is 4.29. The van der Waals surface area contributed by atoms with Crippen molar-refractivity contribution in [1.29, 1.82) is 0 Å². The number of carbonyl (C=O) groups is 1. The van der Waals surface area contributed by atoms with Gasteiger partial charge in [0.05, 0.1) is 0 Å². The van der Waals surface area contributed by atoms with Crippen LogP contribution in [-0.2, 0) is 0 Å². The molecule has 2 atom stereocenters. The molecule has 2 heterocycles. The number of rotatable bonds is 1. The largest absolute Gasteiger partial charge is 1.00 e. The number of piperidine rings is 1. The van der Waals surface area contributed by atoms with Gasteiger partial charge in [0.15, 0.2) is 0 Å². The molecular formula is C7H12ClN2NaO3S. The number of amides is 2. The van der Waals surface area contributed by atoms with Gasteiger partial charge in [-0.2, -0.15) is 0 Å². The van der Waals surface area contributed by atoms with Gasteiger partial charge in [-0.25, -0.2) is 4.79 Å². The van der Waals surface area contributed by atoms with E-state index >= 15 is 0 Å². The van der Waals surface area contributed by atoms with E-state index in [1.54, 1.807) is 0 Å². The van der Waals surface area contributed by atoms with Crippen molar-refractivity contribution in [3.63, 3.8) is 0 Å². The molecule has 2 aliphatic heterocycles. The Balaban J connectivity index is 0.000000443. The normalized spacial score (nSPS) is 27.4. The van der Waals surface area contributed by atoms with E-state index in [1.165, 1.54) is 0 Å². The van der Waals surface area contributed by atoms with Crippen LogP contribution in [0.4, 0.5) is 4.79 Å². The van der Waals surface area contributed by atoms with Crippen molar-refractivity contribution < 1.29 is 43.5 Å². The molecule has 2 bridgehead atoms. The SMILES string of the molecule is O=C1NC2CC[C@@H](CCl)N1C2.[Na+].[O-]SO. The van der Waals surface area contributed by atoms with E-state index < -0.39 is 12.3 Å². The van der Waals surface area contributed by atoms with Gasteiger partial charge in [-0.15, -0.1) is 23.9 Å². The Morgan fingerprint density at radius 3 is 2.80 bits per heavy atom. The standard InChI is InChI=1S/C7H11ClN2O.Na.H2O2S/c8-3-6-2-1-5-4-10(6)7(11)9-5;;1-3-2/h5-6H,1-4H2,(H,9,11);;1-2H/q;+1;/p-1/t5?,6-;;/m0../s1. The van der Waals surface area contributed by atoms with Crippen molar-refractivity contribution >= 4 is 30.0 Å². The monoisotopic (exact) mass is 262 g/mol. The predicted molar refractivity (Wildman–Crippen MR) is 53.8 cm³/mol. The minimum Gasteiger partial charge on any atom is -0.776 e. The molecular weight excluding hydrogens is 251 g/mol. The summed E-state index contributed by atoms with van der Waals surface area (Å²) in [6.07, 6.45) is 2.13. The van der Waals surface area contributed by atoms with Crippen LogP contribution in [0.1, 0.15) is 12.8 Å². The summed E-state index contributed by atoms with van der Waals surface area (Å²) in [5.74, 6) is 0.570. The molecule has 0 aromatic rings. The van der Waals surface area contributed by atoms with Crippen molar-refractivity contribution in [1.82, 2.24) is 10.2 Å².